The monoisotopic (exact) mass is 245 g/mol. The summed E-state index contributed by atoms with van der Waals surface area (Å²) in [5.41, 5.74) is 0. The quantitative estimate of drug-likeness (QED) is 0.409. The summed E-state index contributed by atoms with van der Waals surface area (Å²) in [6.07, 6.45) is 9.52. The van der Waals surface area contributed by atoms with E-state index < -0.39 is 10.1 Å². The Bertz CT molecular complexity index is 337. The minimum atomic E-state index is -3.31. The first kappa shape index (κ1) is 13.5. The lowest BCUT2D eigenvalue weighted by atomic mass is 10.1. The predicted octanol–water partition coefficient (Wildman–Crippen LogP) is 0.840. The maximum Gasteiger partial charge on any atom is 0.264 e. The van der Waals surface area contributed by atoms with Crippen LogP contribution in [0.4, 0.5) is 0 Å². The van der Waals surface area contributed by atoms with E-state index in [2.05, 4.69) is 10.8 Å². The number of terminal acetylenes is 1. The van der Waals surface area contributed by atoms with E-state index in [1.807, 2.05) is 0 Å². The number of hydrogen-bond acceptors (Lipinski definition) is 4. The van der Waals surface area contributed by atoms with Gasteiger partial charge in [-0.05, 0) is 25.8 Å². The number of piperidine rings is 1. The second kappa shape index (κ2) is 6.24. The minimum Gasteiger partial charge on any atom is -0.303 e. The average Bonchev–Trinajstić information content (AvgIpc) is 2.19. The van der Waals surface area contributed by atoms with Crippen molar-refractivity contribution in [1.82, 2.24) is 4.90 Å². The van der Waals surface area contributed by atoms with Gasteiger partial charge in [-0.2, -0.15) is 8.42 Å². The number of rotatable bonds is 5. The Hall–Kier alpha value is -0.570. The molecule has 5 heteroatoms. The lowest BCUT2D eigenvalue weighted by molar-refractivity contribution is 0.106. The maximum absolute atomic E-state index is 10.9. The second-order valence-electron chi connectivity index (χ2n) is 4.15. The van der Waals surface area contributed by atoms with E-state index >= 15 is 0 Å². The molecule has 0 saturated carbocycles. The van der Waals surface area contributed by atoms with Crippen molar-refractivity contribution in [2.24, 2.45) is 0 Å². The summed E-state index contributed by atoms with van der Waals surface area (Å²) in [5, 5.41) is 0. The van der Waals surface area contributed by atoms with Crippen LogP contribution in [0, 0.1) is 12.3 Å². The smallest absolute Gasteiger partial charge is 0.264 e. The van der Waals surface area contributed by atoms with Crippen LogP contribution in [-0.4, -0.2) is 45.3 Å². The van der Waals surface area contributed by atoms with E-state index in [4.69, 9.17) is 10.6 Å². The van der Waals surface area contributed by atoms with Crippen molar-refractivity contribution in [1.29, 1.82) is 0 Å². The van der Waals surface area contributed by atoms with Crippen LogP contribution in [0.1, 0.15) is 25.7 Å². The summed E-state index contributed by atoms with van der Waals surface area (Å²) >= 11 is 0. The molecule has 0 atom stereocenters. The fourth-order valence-corrected chi connectivity index (χ4v) is 2.57. The molecule has 92 valence electrons. The highest BCUT2D eigenvalue weighted by Gasteiger charge is 2.22. The van der Waals surface area contributed by atoms with Crippen LogP contribution in [0.2, 0.25) is 0 Å². The van der Waals surface area contributed by atoms with Crippen molar-refractivity contribution in [2.45, 2.75) is 31.8 Å². The minimum absolute atomic E-state index is 0.140. The molecule has 0 aromatic rings. The Morgan fingerprint density at radius 1 is 1.44 bits per heavy atom. The molecule has 1 fully saturated rings. The van der Waals surface area contributed by atoms with Gasteiger partial charge in [-0.1, -0.05) is 0 Å². The molecule has 1 rings (SSSR count). The summed E-state index contributed by atoms with van der Waals surface area (Å²) in [5.74, 6) is 2.62. The molecule has 0 radical (unpaired) electrons. The van der Waals surface area contributed by atoms with Crippen molar-refractivity contribution < 1.29 is 12.6 Å². The molecule has 0 spiro atoms. The number of nitrogens with zero attached hydrogens (tertiary/aromatic N) is 1. The van der Waals surface area contributed by atoms with Gasteiger partial charge in [-0.25, -0.2) is 0 Å². The summed E-state index contributed by atoms with van der Waals surface area (Å²) < 4.78 is 26.8. The normalized spacial score (nSPS) is 19.5. The fourth-order valence-electron chi connectivity index (χ4n) is 1.88. The largest absolute Gasteiger partial charge is 0.303 e. The van der Waals surface area contributed by atoms with Crippen LogP contribution in [0.15, 0.2) is 0 Å². The van der Waals surface area contributed by atoms with Gasteiger partial charge in [0, 0.05) is 19.5 Å². The molecule has 0 N–H and O–H groups in total. The van der Waals surface area contributed by atoms with Gasteiger partial charge in [0.25, 0.3) is 10.1 Å². The molecule has 0 aromatic heterocycles. The third-order valence-corrected chi connectivity index (χ3v) is 3.26. The van der Waals surface area contributed by atoms with Gasteiger partial charge in [0.05, 0.1) is 12.4 Å². The molecule has 1 aliphatic heterocycles. The first-order valence-electron chi connectivity index (χ1n) is 5.55. The molecule has 0 bridgehead atoms. The first-order chi connectivity index (χ1) is 7.51. The first-order valence-corrected chi connectivity index (χ1v) is 7.37. The Morgan fingerprint density at radius 3 is 2.56 bits per heavy atom. The van der Waals surface area contributed by atoms with Gasteiger partial charge in [0.15, 0.2) is 0 Å². The highest BCUT2D eigenvalue weighted by Crippen LogP contribution is 2.15. The van der Waals surface area contributed by atoms with Gasteiger partial charge in [0.1, 0.15) is 0 Å². The van der Waals surface area contributed by atoms with Gasteiger partial charge in [-0.15, -0.1) is 12.3 Å². The highest BCUT2D eigenvalue weighted by molar-refractivity contribution is 7.86. The van der Waals surface area contributed by atoms with Crippen molar-refractivity contribution in [3.8, 4) is 12.3 Å². The van der Waals surface area contributed by atoms with Crippen molar-refractivity contribution in [2.75, 3.05) is 25.9 Å². The summed E-state index contributed by atoms with van der Waals surface area (Å²) in [4.78, 5) is 2.31. The van der Waals surface area contributed by atoms with E-state index in [0.29, 0.717) is 0 Å². The standard InChI is InChI=1S/C11H19NO3S/c1-3-4-5-8-12-9-6-11(7-10-12)15-16(2,13)14/h1,11H,4-10H2,2H3. The van der Waals surface area contributed by atoms with Crippen molar-refractivity contribution >= 4 is 10.1 Å². The lowest BCUT2D eigenvalue weighted by Gasteiger charge is -2.30. The van der Waals surface area contributed by atoms with E-state index in [1.54, 1.807) is 0 Å². The predicted molar refractivity (Wildman–Crippen MR) is 63.5 cm³/mol. The molecule has 0 aliphatic carbocycles. The van der Waals surface area contributed by atoms with Crippen LogP contribution in [0.3, 0.4) is 0 Å². The highest BCUT2D eigenvalue weighted by atomic mass is 32.2. The Morgan fingerprint density at radius 2 is 2.06 bits per heavy atom. The number of likely N-dealkylation sites (tertiary alicyclic amines) is 1. The van der Waals surface area contributed by atoms with E-state index in [1.165, 1.54) is 0 Å². The molecule has 1 aliphatic rings. The van der Waals surface area contributed by atoms with Gasteiger partial charge < -0.3 is 4.90 Å². The van der Waals surface area contributed by atoms with Crippen molar-refractivity contribution in [3.63, 3.8) is 0 Å². The van der Waals surface area contributed by atoms with Crippen LogP contribution in [-0.2, 0) is 14.3 Å². The second-order valence-corrected chi connectivity index (χ2v) is 5.75. The molecular formula is C11H19NO3S. The molecular weight excluding hydrogens is 226 g/mol. The zero-order chi connectivity index (χ0) is 12.0. The molecule has 16 heavy (non-hydrogen) atoms. The molecule has 1 heterocycles. The molecule has 4 nitrogen and oxygen atoms in total. The average molecular weight is 245 g/mol. The fraction of sp³-hybridized carbons (Fsp3) is 0.818. The lowest BCUT2D eigenvalue weighted by Crippen LogP contribution is -2.38. The third-order valence-electron chi connectivity index (χ3n) is 2.64. The Kier molecular flexibility index (Phi) is 5.26. The van der Waals surface area contributed by atoms with E-state index in [-0.39, 0.29) is 6.10 Å². The topological polar surface area (TPSA) is 46.6 Å². The van der Waals surface area contributed by atoms with Crippen LogP contribution < -0.4 is 0 Å². The zero-order valence-corrected chi connectivity index (χ0v) is 10.5. The molecule has 0 unspecified atom stereocenters. The van der Waals surface area contributed by atoms with Gasteiger partial charge in [-0.3, -0.25) is 4.18 Å². The zero-order valence-electron chi connectivity index (χ0n) is 9.68. The van der Waals surface area contributed by atoms with Crippen LogP contribution in [0.25, 0.3) is 0 Å². The maximum atomic E-state index is 10.9. The van der Waals surface area contributed by atoms with Crippen molar-refractivity contribution in [3.05, 3.63) is 0 Å². The molecule has 0 aromatic carbocycles. The Balaban J connectivity index is 2.21. The van der Waals surface area contributed by atoms with Crippen LogP contribution >= 0.6 is 0 Å². The molecule has 0 amide bonds. The number of unbranched alkanes of at least 4 members (excludes halogenated alkanes) is 1. The van der Waals surface area contributed by atoms with E-state index in [9.17, 15) is 8.42 Å². The summed E-state index contributed by atoms with van der Waals surface area (Å²) in [6.45, 7) is 2.78. The number of hydrogen-bond donors (Lipinski definition) is 0. The van der Waals surface area contributed by atoms with Gasteiger partial charge >= 0.3 is 0 Å². The summed E-state index contributed by atoms with van der Waals surface area (Å²) in [7, 11) is -3.31. The summed E-state index contributed by atoms with van der Waals surface area (Å²) in [6, 6.07) is 0. The Labute approximate surface area is 98.1 Å². The third kappa shape index (κ3) is 5.50. The van der Waals surface area contributed by atoms with Gasteiger partial charge in [0.2, 0.25) is 0 Å². The SMILES string of the molecule is C#CCCCN1CCC(OS(C)(=O)=O)CC1. The van der Waals surface area contributed by atoms with E-state index in [0.717, 1.165) is 51.6 Å². The molecule has 1 saturated heterocycles. The van der Waals surface area contributed by atoms with Crippen LogP contribution in [0.5, 0.6) is 0 Å².